The standard InChI is InChI=1S/C20H17ClN2OS2/c1-3-18(24)23-10-16(15-9-12(2)26-17(15)11-23)13-6-8-25-19(13)14-5-4-7-22-20(14)21/h3-9,16H,1,10-11H2,2H3/t16-/m1/s1. The molecule has 0 N–H and O–H groups in total. The summed E-state index contributed by atoms with van der Waals surface area (Å²) in [4.78, 5) is 22.0. The average molecular weight is 401 g/mol. The molecule has 0 aromatic carbocycles. The van der Waals surface area contributed by atoms with Gasteiger partial charge in [-0.15, -0.1) is 22.7 Å². The van der Waals surface area contributed by atoms with Crippen LogP contribution in [0.3, 0.4) is 0 Å². The van der Waals surface area contributed by atoms with Crippen molar-refractivity contribution in [2.45, 2.75) is 19.4 Å². The summed E-state index contributed by atoms with van der Waals surface area (Å²) in [5, 5.41) is 2.59. The third-order valence-electron chi connectivity index (χ3n) is 4.64. The van der Waals surface area contributed by atoms with Gasteiger partial charge in [0.25, 0.3) is 0 Å². The van der Waals surface area contributed by atoms with Crippen molar-refractivity contribution in [1.29, 1.82) is 0 Å². The molecule has 4 heterocycles. The monoisotopic (exact) mass is 400 g/mol. The van der Waals surface area contributed by atoms with E-state index in [0.717, 1.165) is 10.4 Å². The van der Waals surface area contributed by atoms with Gasteiger partial charge < -0.3 is 4.90 Å². The third-order valence-corrected chi connectivity index (χ3v) is 6.95. The number of aromatic nitrogens is 1. The molecule has 1 aliphatic heterocycles. The fraction of sp³-hybridized carbons (Fsp3) is 0.200. The van der Waals surface area contributed by atoms with Gasteiger partial charge in [-0.25, -0.2) is 4.98 Å². The minimum Gasteiger partial charge on any atom is -0.333 e. The lowest BCUT2D eigenvalue weighted by Crippen LogP contribution is -2.36. The molecule has 0 fully saturated rings. The third kappa shape index (κ3) is 3.00. The highest BCUT2D eigenvalue weighted by molar-refractivity contribution is 7.14. The number of amides is 1. The van der Waals surface area contributed by atoms with Crippen LogP contribution in [-0.2, 0) is 11.3 Å². The molecule has 1 amide bonds. The Morgan fingerprint density at radius 3 is 3.04 bits per heavy atom. The van der Waals surface area contributed by atoms with Gasteiger partial charge in [-0.2, -0.15) is 0 Å². The molecule has 0 spiro atoms. The fourth-order valence-corrected chi connectivity index (χ4v) is 5.86. The Morgan fingerprint density at radius 1 is 1.42 bits per heavy atom. The van der Waals surface area contributed by atoms with Crippen molar-refractivity contribution in [1.82, 2.24) is 9.88 Å². The zero-order chi connectivity index (χ0) is 18.3. The zero-order valence-electron chi connectivity index (χ0n) is 14.2. The van der Waals surface area contributed by atoms with Crippen LogP contribution in [0.2, 0.25) is 5.15 Å². The molecule has 3 nitrogen and oxygen atoms in total. The van der Waals surface area contributed by atoms with Gasteiger partial charge in [0, 0.05) is 38.9 Å². The van der Waals surface area contributed by atoms with Crippen LogP contribution in [-0.4, -0.2) is 22.3 Å². The zero-order valence-corrected chi connectivity index (χ0v) is 16.6. The van der Waals surface area contributed by atoms with Crippen molar-refractivity contribution < 1.29 is 4.79 Å². The summed E-state index contributed by atoms with van der Waals surface area (Å²) in [5.74, 6) is 0.105. The van der Waals surface area contributed by atoms with E-state index in [-0.39, 0.29) is 11.8 Å². The van der Waals surface area contributed by atoms with E-state index in [9.17, 15) is 4.79 Å². The first kappa shape index (κ1) is 17.5. The predicted molar refractivity (Wildman–Crippen MR) is 109 cm³/mol. The van der Waals surface area contributed by atoms with Gasteiger partial charge >= 0.3 is 0 Å². The summed E-state index contributed by atoms with van der Waals surface area (Å²) in [5.41, 5.74) is 3.46. The molecule has 0 saturated carbocycles. The number of thiophene rings is 2. The number of fused-ring (bicyclic) bond motifs is 1. The van der Waals surface area contributed by atoms with Crippen LogP contribution >= 0.6 is 34.3 Å². The lowest BCUT2D eigenvalue weighted by molar-refractivity contribution is -0.127. The largest absolute Gasteiger partial charge is 0.333 e. The predicted octanol–water partition coefficient (Wildman–Crippen LogP) is 5.49. The molecule has 6 heteroatoms. The molecule has 0 radical (unpaired) electrons. The van der Waals surface area contributed by atoms with Crippen molar-refractivity contribution in [3.63, 3.8) is 0 Å². The lowest BCUT2D eigenvalue weighted by atomic mass is 9.87. The van der Waals surface area contributed by atoms with Crippen molar-refractivity contribution >= 4 is 40.2 Å². The van der Waals surface area contributed by atoms with Crippen LogP contribution < -0.4 is 0 Å². The van der Waals surface area contributed by atoms with E-state index in [2.05, 4.69) is 36.0 Å². The van der Waals surface area contributed by atoms with Gasteiger partial charge in [-0.1, -0.05) is 18.2 Å². The highest BCUT2D eigenvalue weighted by Gasteiger charge is 2.32. The van der Waals surface area contributed by atoms with E-state index < -0.39 is 0 Å². The quantitative estimate of drug-likeness (QED) is 0.430. The number of halogens is 1. The first-order valence-corrected chi connectivity index (χ1v) is 10.3. The van der Waals surface area contributed by atoms with Crippen LogP contribution in [0.25, 0.3) is 10.4 Å². The Morgan fingerprint density at radius 2 is 2.27 bits per heavy atom. The minimum atomic E-state index is -0.0251. The Kier molecular flexibility index (Phi) is 4.69. The van der Waals surface area contributed by atoms with E-state index in [1.165, 1.54) is 27.0 Å². The van der Waals surface area contributed by atoms with Gasteiger partial charge in [0.1, 0.15) is 5.15 Å². The molecule has 0 bridgehead atoms. The number of carbonyl (C=O) groups excluding carboxylic acids is 1. The Balaban J connectivity index is 1.83. The number of hydrogen-bond donors (Lipinski definition) is 0. The van der Waals surface area contributed by atoms with Crippen LogP contribution in [0.1, 0.15) is 26.8 Å². The number of rotatable bonds is 3. The molecule has 3 aromatic heterocycles. The summed E-state index contributed by atoms with van der Waals surface area (Å²) in [6.45, 7) is 7.07. The van der Waals surface area contributed by atoms with Crippen molar-refractivity contribution in [2.24, 2.45) is 0 Å². The molecule has 4 rings (SSSR count). The van der Waals surface area contributed by atoms with Crippen molar-refractivity contribution in [2.75, 3.05) is 6.54 Å². The maximum absolute atomic E-state index is 12.3. The molecule has 26 heavy (non-hydrogen) atoms. The minimum absolute atomic E-state index is 0.0251. The van der Waals surface area contributed by atoms with Gasteiger partial charge in [0.05, 0.1) is 6.54 Å². The number of carbonyl (C=O) groups is 1. The number of hydrogen-bond acceptors (Lipinski definition) is 4. The Hall–Kier alpha value is -1.95. The molecular weight excluding hydrogens is 384 g/mol. The molecule has 3 aromatic rings. The number of nitrogens with zero attached hydrogens (tertiary/aromatic N) is 2. The van der Waals surface area contributed by atoms with Crippen LogP contribution in [0, 0.1) is 6.92 Å². The van der Waals surface area contributed by atoms with E-state index in [1.54, 1.807) is 28.9 Å². The first-order valence-electron chi connectivity index (χ1n) is 8.27. The summed E-state index contributed by atoms with van der Waals surface area (Å²) in [7, 11) is 0. The topological polar surface area (TPSA) is 33.2 Å². The molecule has 1 aliphatic rings. The summed E-state index contributed by atoms with van der Waals surface area (Å²) < 4.78 is 0. The summed E-state index contributed by atoms with van der Waals surface area (Å²) in [6, 6.07) is 8.30. The van der Waals surface area contributed by atoms with Gasteiger partial charge in [-0.3, -0.25) is 4.79 Å². The lowest BCUT2D eigenvalue weighted by Gasteiger charge is -2.32. The summed E-state index contributed by atoms with van der Waals surface area (Å²) in [6.07, 6.45) is 3.10. The summed E-state index contributed by atoms with van der Waals surface area (Å²) >= 11 is 9.78. The molecule has 0 unspecified atom stereocenters. The van der Waals surface area contributed by atoms with Crippen LogP contribution in [0.5, 0.6) is 0 Å². The fourth-order valence-electron chi connectivity index (χ4n) is 3.49. The van der Waals surface area contributed by atoms with Gasteiger partial charge in [-0.05, 0) is 53.8 Å². The van der Waals surface area contributed by atoms with E-state index in [4.69, 9.17) is 11.6 Å². The second kappa shape index (κ2) is 6.99. The molecular formula is C20H17ClN2OS2. The maximum atomic E-state index is 12.3. The smallest absolute Gasteiger partial charge is 0.246 e. The van der Waals surface area contributed by atoms with Gasteiger partial charge in [0.2, 0.25) is 5.91 Å². The Bertz CT molecular complexity index is 991. The molecule has 0 saturated heterocycles. The van der Waals surface area contributed by atoms with Crippen LogP contribution in [0.15, 0.2) is 48.5 Å². The average Bonchev–Trinajstić information content (AvgIpc) is 3.26. The molecule has 132 valence electrons. The highest BCUT2D eigenvalue weighted by Crippen LogP contribution is 2.44. The number of pyridine rings is 1. The Labute approximate surface area is 165 Å². The van der Waals surface area contributed by atoms with Crippen LogP contribution in [0.4, 0.5) is 0 Å². The number of aryl methyl sites for hydroxylation is 1. The highest BCUT2D eigenvalue weighted by atomic mass is 35.5. The van der Waals surface area contributed by atoms with E-state index in [1.807, 2.05) is 17.0 Å². The SMILES string of the molecule is C=CC(=O)N1Cc2sc(C)cc2[C@@H](c2ccsc2-c2cccnc2Cl)C1. The second-order valence-corrected chi connectivity index (χ2v) is 8.87. The van der Waals surface area contributed by atoms with E-state index in [0.29, 0.717) is 18.2 Å². The normalized spacial score (nSPS) is 16.4. The van der Waals surface area contributed by atoms with Gasteiger partial charge in [0.15, 0.2) is 0 Å². The maximum Gasteiger partial charge on any atom is 0.246 e. The van der Waals surface area contributed by atoms with Crippen molar-refractivity contribution in [3.05, 3.63) is 74.5 Å². The molecule has 1 atom stereocenters. The molecule has 0 aliphatic carbocycles. The van der Waals surface area contributed by atoms with E-state index >= 15 is 0 Å². The first-order chi connectivity index (χ1) is 12.6. The van der Waals surface area contributed by atoms with Crippen molar-refractivity contribution in [3.8, 4) is 10.4 Å². The second-order valence-electron chi connectivity index (χ2n) is 6.26.